The predicted molar refractivity (Wildman–Crippen MR) is 102 cm³/mol. The van der Waals surface area contributed by atoms with Crippen LogP contribution in [-0.4, -0.2) is 62.1 Å². The van der Waals surface area contributed by atoms with Crippen LogP contribution < -0.4 is 14.8 Å². The van der Waals surface area contributed by atoms with Crippen LogP contribution in [0.15, 0.2) is 46.0 Å². The molecule has 1 saturated heterocycles. The second-order valence-corrected chi connectivity index (χ2v) is 5.97. The molecule has 0 unspecified atom stereocenters. The second-order valence-electron chi connectivity index (χ2n) is 5.97. The van der Waals surface area contributed by atoms with Gasteiger partial charge in [0.25, 0.3) is 5.91 Å². The van der Waals surface area contributed by atoms with Gasteiger partial charge in [-0.25, -0.2) is 4.99 Å². The Morgan fingerprint density at radius 2 is 1.86 bits per heavy atom. The highest BCUT2D eigenvalue weighted by atomic mass is 16.5. The molecule has 1 N–H and O–H groups in total. The van der Waals surface area contributed by atoms with E-state index in [1.165, 1.54) is 6.26 Å². The lowest BCUT2D eigenvalue weighted by Gasteiger charge is -2.35. The Morgan fingerprint density at radius 1 is 1.14 bits per heavy atom. The Morgan fingerprint density at radius 3 is 2.46 bits per heavy atom. The molecule has 28 heavy (non-hydrogen) atoms. The summed E-state index contributed by atoms with van der Waals surface area (Å²) in [4.78, 5) is 20.5. The minimum Gasteiger partial charge on any atom is -0.493 e. The molecule has 1 fully saturated rings. The summed E-state index contributed by atoms with van der Waals surface area (Å²) < 4.78 is 15.7. The summed E-state index contributed by atoms with van der Waals surface area (Å²) in [6.07, 6.45) is 3.40. The van der Waals surface area contributed by atoms with E-state index in [1.807, 2.05) is 11.1 Å². The van der Waals surface area contributed by atoms with Crippen LogP contribution in [0, 0.1) is 11.5 Å². The molecule has 2 heterocycles. The number of furan rings is 1. The Balaban J connectivity index is 1.72. The molecule has 1 amide bonds. The Labute approximate surface area is 162 Å². The van der Waals surface area contributed by atoms with Crippen molar-refractivity contribution in [2.45, 2.75) is 0 Å². The van der Waals surface area contributed by atoms with Crippen molar-refractivity contribution in [3.8, 4) is 17.7 Å². The van der Waals surface area contributed by atoms with Crippen LogP contribution in [0.3, 0.4) is 0 Å². The van der Waals surface area contributed by atoms with E-state index < -0.39 is 0 Å². The summed E-state index contributed by atoms with van der Waals surface area (Å²) in [5.41, 5.74) is 0.615. The van der Waals surface area contributed by atoms with Crippen molar-refractivity contribution < 1.29 is 18.7 Å². The number of nitrogens with one attached hydrogen (secondary N) is 1. The quantitative estimate of drug-likeness (QED) is 0.372. The third-order valence-electron chi connectivity index (χ3n) is 4.37. The zero-order valence-corrected chi connectivity index (χ0v) is 15.7. The third-order valence-corrected chi connectivity index (χ3v) is 4.37. The largest absolute Gasteiger partial charge is 0.493 e. The number of aliphatic imine (C=N–C) groups is 1. The highest BCUT2D eigenvalue weighted by Crippen LogP contribution is 2.31. The van der Waals surface area contributed by atoms with Crippen LogP contribution in [0.1, 0.15) is 10.6 Å². The summed E-state index contributed by atoms with van der Waals surface area (Å²) in [6, 6.07) is 8.59. The Kier molecular flexibility index (Phi) is 6.01. The van der Waals surface area contributed by atoms with E-state index in [9.17, 15) is 4.79 Å². The third kappa shape index (κ3) is 4.17. The SMILES string of the molecule is COc1ccc(N=C(NC#N)N2CCN(C(=O)c3ccco3)CC2)cc1OC. The van der Waals surface area contributed by atoms with E-state index in [0.29, 0.717) is 55.1 Å². The molecule has 9 nitrogen and oxygen atoms in total. The molecule has 0 atom stereocenters. The summed E-state index contributed by atoms with van der Waals surface area (Å²) in [6.45, 7) is 2.07. The zero-order chi connectivity index (χ0) is 19.9. The first-order chi connectivity index (χ1) is 13.7. The number of nitriles is 1. The molecule has 0 spiro atoms. The average Bonchev–Trinajstić information content (AvgIpc) is 3.28. The fraction of sp³-hybridized carbons (Fsp3) is 0.316. The standard InChI is InChI=1S/C19H21N5O4/c1-26-15-6-5-14(12-17(15)27-2)22-19(21-13-20)24-9-7-23(8-10-24)18(25)16-4-3-11-28-16/h3-6,11-12H,7-10H2,1-2H3,(H,21,22). The van der Waals surface area contributed by atoms with Crippen molar-refractivity contribution in [2.75, 3.05) is 40.4 Å². The van der Waals surface area contributed by atoms with Crippen molar-refractivity contribution in [3.05, 3.63) is 42.4 Å². The van der Waals surface area contributed by atoms with Gasteiger partial charge < -0.3 is 23.7 Å². The maximum absolute atomic E-state index is 12.4. The Bertz CT molecular complexity index is 880. The molecule has 0 aliphatic carbocycles. The normalized spacial score (nSPS) is 14.4. The van der Waals surface area contributed by atoms with Crippen molar-refractivity contribution in [3.63, 3.8) is 0 Å². The van der Waals surface area contributed by atoms with Crippen LogP contribution in [0.2, 0.25) is 0 Å². The molecular formula is C19H21N5O4. The lowest BCUT2D eigenvalue weighted by molar-refractivity contribution is 0.0658. The molecule has 0 saturated carbocycles. The molecule has 2 aromatic rings. The molecule has 1 aliphatic rings. The van der Waals surface area contributed by atoms with Crippen molar-refractivity contribution in [1.82, 2.24) is 15.1 Å². The molecule has 3 rings (SSSR count). The summed E-state index contributed by atoms with van der Waals surface area (Å²) >= 11 is 0. The molecule has 0 bridgehead atoms. The number of hydrogen-bond acceptors (Lipinski definition) is 6. The fourth-order valence-electron chi connectivity index (χ4n) is 2.92. The number of nitrogens with zero attached hydrogens (tertiary/aromatic N) is 4. The predicted octanol–water partition coefficient (Wildman–Crippen LogP) is 1.81. The number of guanidine groups is 1. The number of hydrogen-bond donors (Lipinski definition) is 1. The fourth-order valence-corrected chi connectivity index (χ4v) is 2.92. The molecule has 0 radical (unpaired) electrons. The lowest BCUT2D eigenvalue weighted by atomic mass is 10.2. The molecule has 1 aromatic heterocycles. The van der Waals surface area contributed by atoms with E-state index in [4.69, 9.17) is 19.2 Å². The first-order valence-corrected chi connectivity index (χ1v) is 8.70. The first-order valence-electron chi connectivity index (χ1n) is 8.70. The topological polar surface area (TPSA) is 103 Å². The highest BCUT2D eigenvalue weighted by Gasteiger charge is 2.25. The minimum absolute atomic E-state index is 0.142. The van der Waals surface area contributed by atoms with Gasteiger partial charge in [0.05, 0.1) is 26.2 Å². The molecule has 1 aliphatic heterocycles. The Hall–Kier alpha value is -3.67. The van der Waals surface area contributed by atoms with Crippen LogP contribution in [-0.2, 0) is 0 Å². The van der Waals surface area contributed by atoms with Crippen LogP contribution in [0.5, 0.6) is 11.5 Å². The van der Waals surface area contributed by atoms with E-state index in [-0.39, 0.29) is 5.91 Å². The maximum atomic E-state index is 12.4. The van der Waals surface area contributed by atoms with Gasteiger partial charge in [-0.2, -0.15) is 5.26 Å². The molecule has 146 valence electrons. The van der Waals surface area contributed by atoms with Gasteiger partial charge in [0, 0.05) is 32.2 Å². The number of ether oxygens (including phenoxy) is 2. The van der Waals surface area contributed by atoms with Crippen molar-refractivity contribution in [2.24, 2.45) is 4.99 Å². The molecule has 1 aromatic carbocycles. The smallest absolute Gasteiger partial charge is 0.289 e. The number of carbonyl (C=O) groups is 1. The number of piperazine rings is 1. The van der Waals surface area contributed by atoms with Crippen LogP contribution in [0.25, 0.3) is 0 Å². The highest BCUT2D eigenvalue weighted by molar-refractivity contribution is 5.91. The van der Waals surface area contributed by atoms with Crippen molar-refractivity contribution >= 4 is 17.6 Å². The van der Waals surface area contributed by atoms with Gasteiger partial charge in [-0.05, 0) is 24.3 Å². The number of carbonyl (C=O) groups excluding carboxylic acids is 1. The minimum atomic E-state index is -0.142. The molecular weight excluding hydrogens is 362 g/mol. The van der Waals surface area contributed by atoms with Gasteiger partial charge in [-0.1, -0.05) is 0 Å². The summed E-state index contributed by atoms with van der Waals surface area (Å²) in [5.74, 6) is 1.74. The van der Waals surface area contributed by atoms with Gasteiger partial charge in [0.2, 0.25) is 5.96 Å². The van der Waals surface area contributed by atoms with E-state index in [1.54, 1.807) is 49.5 Å². The number of rotatable bonds is 4. The average molecular weight is 383 g/mol. The zero-order valence-electron chi connectivity index (χ0n) is 15.7. The van der Waals surface area contributed by atoms with Crippen LogP contribution >= 0.6 is 0 Å². The van der Waals surface area contributed by atoms with E-state index in [2.05, 4.69) is 10.3 Å². The van der Waals surface area contributed by atoms with E-state index >= 15 is 0 Å². The number of methoxy groups -OCH3 is 2. The maximum Gasteiger partial charge on any atom is 0.289 e. The van der Waals surface area contributed by atoms with E-state index in [0.717, 1.165) is 0 Å². The second kappa shape index (κ2) is 8.81. The van der Waals surface area contributed by atoms with Crippen LogP contribution in [0.4, 0.5) is 5.69 Å². The number of benzene rings is 1. The monoisotopic (exact) mass is 383 g/mol. The van der Waals surface area contributed by atoms with Gasteiger partial charge in [-0.3, -0.25) is 10.1 Å². The van der Waals surface area contributed by atoms with Gasteiger partial charge >= 0.3 is 0 Å². The summed E-state index contributed by atoms with van der Waals surface area (Å²) in [7, 11) is 3.11. The summed E-state index contributed by atoms with van der Waals surface area (Å²) in [5, 5.41) is 11.7. The van der Waals surface area contributed by atoms with Gasteiger partial charge in [0.15, 0.2) is 23.5 Å². The first kappa shape index (κ1) is 19.1. The molecule has 9 heteroatoms. The van der Waals surface area contributed by atoms with Crippen molar-refractivity contribution in [1.29, 1.82) is 5.26 Å². The number of amides is 1. The van der Waals surface area contributed by atoms with Gasteiger partial charge in [0.1, 0.15) is 0 Å². The van der Waals surface area contributed by atoms with Gasteiger partial charge in [-0.15, -0.1) is 0 Å². The lowest BCUT2D eigenvalue weighted by Crippen LogP contribution is -2.53.